The lowest BCUT2D eigenvalue weighted by molar-refractivity contribution is -0.142. The number of hydrogen-bond acceptors (Lipinski definition) is 4. The van der Waals surface area contributed by atoms with Crippen molar-refractivity contribution in [2.45, 2.75) is 52.3 Å². The Hall–Kier alpha value is -0.653. The molecule has 0 saturated heterocycles. The molecular weight excluding hydrogens is 248 g/mol. The lowest BCUT2D eigenvalue weighted by Crippen LogP contribution is -2.45. The van der Waals surface area contributed by atoms with Crippen LogP contribution in [0.5, 0.6) is 0 Å². The van der Waals surface area contributed by atoms with Crippen molar-refractivity contribution in [2.75, 3.05) is 13.2 Å². The molecule has 0 aromatic heterocycles. The molecule has 2 atom stereocenters. The molecule has 0 fully saturated rings. The number of hydrogen-bond donors (Lipinski definition) is 0. The van der Waals surface area contributed by atoms with Gasteiger partial charge in [-0.15, -0.1) is 0 Å². The number of carbonyl (C=O) groups excluding carboxylic acids is 1. The van der Waals surface area contributed by atoms with E-state index in [1.54, 1.807) is 6.92 Å². The number of ether oxygens (including phenoxy) is 3. The average molecular weight is 274 g/mol. The van der Waals surface area contributed by atoms with Crippen molar-refractivity contribution in [3.8, 4) is 0 Å². The first-order chi connectivity index (χ1) is 8.47. The van der Waals surface area contributed by atoms with Crippen molar-refractivity contribution in [1.82, 2.24) is 0 Å². The molecule has 106 valence electrons. The summed E-state index contributed by atoms with van der Waals surface area (Å²) in [6, 6.07) is 0. The molecule has 0 N–H and O–H groups in total. The molecule has 0 bridgehead atoms. The topological polar surface area (TPSA) is 44.8 Å². The standard InChI is InChI=1S/C13H26O4Si/c1-7-11(17-12(14)10(4)5)18(6)13(15-8-2)16-9-3/h11,13,18H,4,7-9H2,1-3,5-6H3. The Morgan fingerprint density at radius 1 is 1.22 bits per heavy atom. The number of esters is 1. The molecule has 0 amide bonds. The zero-order valence-electron chi connectivity index (χ0n) is 12.2. The summed E-state index contributed by atoms with van der Waals surface area (Å²) < 4.78 is 16.6. The third kappa shape index (κ3) is 5.80. The van der Waals surface area contributed by atoms with Gasteiger partial charge in [0, 0.05) is 18.8 Å². The maximum atomic E-state index is 11.6. The van der Waals surface area contributed by atoms with Crippen molar-refractivity contribution >= 4 is 14.8 Å². The highest BCUT2D eigenvalue weighted by molar-refractivity contribution is 6.59. The highest BCUT2D eigenvalue weighted by Crippen LogP contribution is 2.13. The van der Waals surface area contributed by atoms with E-state index in [1.165, 1.54) is 0 Å². The van der Waals surface area contributed by atoms with Gasteiger partial charge in [-0.05, 0) is 27.2 Å². The van der Waals surface area contributed by atoms with Crippen LogP contribution in [0.3, 0.4) is 0 Å². The third-order valence-electron chi connectivity index (χ3n) is 2.69. The molecule has 18 heavy (non-hydrogen) atoms. The summed E-state index contributed by atoms with van der Waals surface area (Å²) in [5, 5.41) is 0. The van der Waals surface area contributed by atoms with Gasteiger partial charge in [0.15, 0.2) is 8.80 Å². The Morgan fingerprint density at radius 2 is 1.72 bits per heavy atom. The summed E-state index contributed by atoms with van der Waals surface area (Å²) in [4.78, 5) is 11.6. The maximum Gasteiger partial charge on any atom is 0.333 e. The first-order valence-corrected chi connectivity index (χ1v) is 9.06. The van der Waals surface area contributed by atoms with Gasteiger partial charge in [0.05, 0.1) is 5.73 Å². The Morgan fingerprint density at radius 3 is 2.06 bits per heavy atom. The molecule has 0 heterocycles. The summed E-state index contributed by atoms with van der Waals surface area (Å²) in [7, 11) is -1.49. The van der Waals surface area contributed by atoms with E-state index in [9.17, 15) is 4.79 Å². The Bertz CT molecular complexity index is 262. The van der Waals surface area contributed by atoms with Gasteiger partial charge >= 0.3 is 5.97 Å². The van der Waals surface area contributed by atoms with Crippen molar-refractivity contribution in [3.63, 3.8) is 0 Å². The maximum absolute atomic E-state index is 11.6. The lowest BCUT2D eigenvalue weighted by atomic mass is 10.4. The molecule has 5 heteroatoms. The molecular formula is C13H26O4Si. The molecule has 0 aliphatic carbocycles. The van der Waals surface area contributed by atoms with Crippen LogP contribution in [0.1, 0.15) is 34.1 Å². The second-order valence-corrected chi connectivity index (χ2v) is 7.28. The van der Waals surface area contributed by atoms with Crippen LogP contribution >= 0.6 is 0 Å². The lowest BCUT2D eigenvalue weighted by Gasteiger charge is -2.28. The third-order valence-corrected chi connectivity index (χ3v) is 5.71. The molecule has 0 aliphatic rings. The van der Waals surface area contributed by atoms with E-state index in [-0.39, 0.29) is 17.6 Å². The van der Waals surface area contributed by atoms with Crippen LogP contribution < -0.4 is 0 Å². The van der Waals surface area contributed by atoms with Crippen LogP contribution in [0.25, 0.3) is 0 Å². The zero-order chi connectivity index (χ0) is 14.1. The second kappa shape index (κ2) is 9.30. The van der Waals surface area contributed by atoms with E-state index >= 15 is 0 Å². The van der Waals surface area contributed by atoms with Gasteiger partial charge in [0.25, 0.3) is 0 Å². The molecule has 0 aromatic rings. The van der Waals surface area contributed by atoms with Crippen LogP contribution in [-0.2, 0) is 19.0 Å². The Kier molecular flexibility index (Phi) is 8.96. The Balaban J connectivity index is 4.59. The summed E-state index contributed by atoms with van der Waals surface area (Å²) in [5.74, 6) is -0.532. The van der Waals surface area contributed by atoms with Crippen LogP contribution in [0.4, 0.5) is 0 Å². The van der Waals surface area contributed by atoms with Gasteiger partial charge in [-0.1, -0.05) is 20.0 Å². The van der Waals surface area contributed by atoms with Crippen LogP contribution in [0.15, 0.2) is 12.2 Å². The van der Waals surface area contributed by atoms with Gasteiger partial charge in [0.1, 0.15) is 5.91 Å². The quantitative estimate of drug-likeness (QED) is 0.280. The number of rotatable bonds is 9. The van der Waals surface area contributed by atoms with Gasteiger partial charge < -0.3 is 14.2 Å². The molecule has 0 saturated carbocycles. The van der Waals surface area contributed by atoms with E-state index < -0.39 is 8.80 Å². The summed E-state index contributed by atoms with van der Waals surface area (Å²) in [5.41, 5.74) is 0.344. The first kappa shape index (κ1) is 17.3. The first-order valence-electron chi connectivity index (χ1n) is 6.57. The molecule has 0 aromatic carbocycles. The fraction of sp³-hybridized carbons (Fsp3) is 0.769. The van der Waals surface area contributed by atoms with E-state index in [4.69, 9.17) is 14.2 Å². The van der Waals surface area contributed by atoms with Gasteiger partial charge in [0.2, 0.25) is 0 Å². The fourth-order valence-corrected chi connectivity index (χ4v) is 4.08. The van der Waals surface area contributed by atoms with E-state index in [2.05, 4.69) is 13.1 Å². The van der Waals surface area contributed by atoms with Gasteiger partial charge in [-0.3, -0.25) is 0 Å². The van der Waals surface area contributed by atoms with Crippen molar-refractivity contribution < 1.29 is 19.0 Å². The minimum absolute atomic E-state index is 0.0858. The van der Waals surface area contributed by atoms with Crippen molar-refractivity contribution in [3.05, 3.63) is 12.2 Å². The second-order valence-electron chi connectivity index (χ2n) is 4.27. The average Bonchev–Trinajstić information content (AvgIpc) is 2.34. The summed E-state index contributed by atoms with van der Waals surface area (Å²) in [6.07, 6.45) is 0.781. The van der Waals surface area contributed by atoms with Crippen LogP contribution in [0, 0.1) is 0 Å². The zero-order valence-corrected chi connectivity index (χ0v) is 13.3. The summed E-state index contributed by atoms with van der Waals surface area (Å²) in [6.45, 7) is 14.5. The van der Waals surface area contributed by atoms with Crippen molar-refractivity contribution in [1.29, 1.82) is 0 Å². The normalized spacial score (nSPS) is 14.3. The van der Waals surface area contributed by atoms with E-state index in [0.717, 1.165) is 6.42 Å². The molecule has 0 rings (SSSR count). The molecule has 0 radical (unpaired) electrons. The molecule has 2 unspecified atom stereocenters. The van der Waals surface area contributed by atoms with Crippen molar-refractivity contribution in [2.24, 2.45) is 0 Å². The van der Waals surface area contributed by atoms with E-state index in [1.807, 2.05) is 20.8 Å². The highest BCUT2D eigenvalue weighted by atomic mass is 28.3. The largest absolute Gasteiger partial charge is 0.463 e. The monoisotopic (exact) mass is 274 g/mol. The highest BCUT2D eigenvalue weighted by Gasteiger charge is 2.30. The predicted molar refractivity (Wildman–Crippen MR) is 75.0 cm³/mol. The molecule has 0 aliphatic heterocycles. The molecule has 0 spiro atoms. The SMILES string of the molecule is C=C(C)C(=O)OC(CC)[SiH](C)C(OCC)OCC. The fourth-order valence-electron chi connectivity index (χ4n) is 1.66. The molecule has 4 nitrogen and oxygen atoms in total. The Labute approximate surface area is 112 Å². The summed E-state index contributed by atoms with van der Waals surface area (Å²) >= 11 is 0. The minimum Gasteiger partial charge on any atom is -0.463 e. The van der Waals surface area contributed by atoms with E-state index in [0.29, 0.717) is 18.8 Å². The van der Waals surface area contributed by atoms with Gasteiger partial charge in [-0.2, -0.15) is 0 Å². The van der Waals surface area contributed by atoms with Crippen LogP contribution in [-0.4, -0.2) is 39.6 Å². The predicted octanol–water partition coefficient (Wildman–Crippen LogP) is 2.22. The van der Waals surface area contributed by atoms with Crippen LogP contribution in [0.2, 0.25) is 6.55 Å². The smallest absolute Gasteiger partial charge is 0.333 e. The number of carbonyl (C=O) groups is 1. The van der Waals surface area contributed by atoms with Gasteiger partial charge in [-0.25, -0.2) is 4.79 Å². The minimum atomic E-state index is -1.49.